The second-order valence-electron chi connectivity index (χ2n) is 6.89. The number of aromatic nitrogens is 2. The van der Waals surface area contributed by atoms with Crippen molar-refractivity contribution in [1.29, 1.82) is 0 Å². The Bertz CT molecular complexity index is 989. The number of rotatable bonds is 3. The molecule has 0 radical (unpaired) electrons. The highest BCUT2D eigenvalue weighted by atomic mass is 16.6. The highest BCUT2D eigenvalue weighted by Gasteiger charge is 2.30. The first kappa shape index (κ1) is 16.0. The van der Waals surface area contributed by atoms with E-state index in [4.69, 9.17) is 9.05 Å². The van der Waals surface area contributed by atoms with Crippen molar-refractivity contribution in [1.82, 2.24) is 15.2 Å². The fourth-order valence-corrected chi connectivity index (χ4v) is 3.70. The Labute approximate surface area is 145 Å². The molecular weight excluding hydrogens is 318 g/mol. The van der Waals surface area contributed by atoms with E-state index < -0.39 is 0 Å². The first-order valence-corrected chi connectivity index (χ1v) is 8.60. The minimum Gasteiger partial charge on any atom is -0.423 e. The lowest BCUT2D eigenvalue weighted by molar-refractivity contribution is 0.231. The van der Waals surface area contributed by atoms with Crippen LogP contribution in [-0.2, 0) is 6.54 Å². The predicted octanol–water partition coefficient (Wildman–Crippen LogP) is 3.44. The van der Waals surface area contributed by atoms with E-state index in [1.807, 2.05) is 19.9 Å². The molecular formula is C19H21N3O3. The van der Waals surface area contributed by atoms with E-state index in [2.05, 4.69) is 28.2 Å². The molecule has 4 rings (SSSR count). The van der Waals surface area contributed by atoms with Gasteiger partial charge in [0, 0.05) is 18.0 Å². The van der Waals surface area contributed by atoms with Crippen LogP contribution in [-0.4, -0.2) is 21.8 Å². The van der Waals surface area contributed by atoms with Crippen LogP contribution < -0.4 is 5.63 Å². The molecule has 0 aliphatic carbocycles. The summed E-state index contributed by atoms with van der Waals surface area (Å²) in [4.78, 5) is 14.4. The molecule has 3 aromatic rings. The van der Waals surface area contributed by atoms with Gasteiger partial charge in [0.1, 0.15) is 17.0 Å². The van der Waals surface area contributed by atoms with Gasteiger partial charge in [0.15, 0.2) is 0 Å². The zero-order valence-corrected chi connectivity index (χ0v) is 14.7. The van der Waals surface area contributed by atoms with Gasteiger partial charge < -0.3 is 4.42 Å². The highest BCUT2D eigenvalue weighted by molar-refractivity contribution is 5.81. The largest absolute Gasteiger partial charge is 0.423 e. The van der Waals surface area contributed by atoms with E-state index >= 15 is 0 Å². The molecule has 0 amide bonds. The molecule has 6 nitrogen and oxygen atoms in total. The van der Waals surface area contributed by atoms with Crippen LogP contribution in [0.15, 0.2) is 32.0 Å². The maximum Gasteiger partial charge on any atom is 0.336 e. The third-order valence-corrected chi connectivity index (χ3v) is 5.18. The number of nitrogens with zero attached hydrogens (tertiary/aromatic N) is 3. The molecule has 6 heteroatoms. The molecule has 130 valence electrons. The van der Waals surface area contributed by atoms with Crippen molar-refractivity contribution < 1.29 is 9.05 Å². The minimum absolute atomic E-state index is 0.181. The number of hydrogen-bond donors (Lipinski definition) is 0. The monoisotopic (exact) mass is 339 g/mol. The molecule has 0 saturated carbocycles. The topological polar surface area (TPSA) is 72.4 Å². The number of hydrogen-bond acceptors (Lipinski definition) is 6. The molecule has 1 aromatic carbocycles. The fourth-order valence-electron chi connectivity index (χ4n) is 3.70. The Hall–Kier alpha value is -2.47. The van der Waals surface area contributed by atoms with Gasteiger partial charge in [0.25, 0.3) is 0 Å². The van der Waals surface area contributed by atoms with Crippen LogP contribution in [0.2, 0.25) is 0 Å². The van der Waals surface area contributed by atoms with Crippen molar-refractivity contribution in [3.8, 4) is 0 Å². The predicted molar refractivity (Wildman–Crippen MR) is 93.4 cm³/mol. The van der Waals surface area contributed by atoms with Crippen molar-refractivity contribution in [2.45, 2.75) is 46.2 Å². The molecule has 0 N–H and O–H groups in total. The molecule has 1 aliphatic heterocycles. The Kier molecular flexibility index (Phi) is 3.92. The van der Waals surface area contributed by atoms with Crippen LogP contribution in [0.25, 0.3) is 11.0 Å². The lowest BCUT2D eigenvalue weighted by Gasteiger charge is -2.23. The Morgan fingerprint density at radius 2 is 1.96 bits per heavy atom. The standard InChI is InChI=1S/C19H21N3O3/c1-11-7-15-14(9-18(23)24-17(15)8-12(11)2)10-22-6-4-5-16(22)19-13(3)20-25-21-19/h7-9,16H,4-6,10H2,1-3H3/t16-/m0/s1. The van der Waals surface area contributed by atoms with Crippen LogP contribution >= 0.6 is 0 Å². The van der Waals surface area contributed by atoms with E-state index in [0.717, 1.165) is 47.3 Å². The summed E-state index contributed by atoms with van der Waals surface area (Å²) < 4.78 is 10.3. The van der Waals surface area contributed by atoms with Gasteiger partial charge in [-0.1, -0.05) is 10.3 Å². The molecule has 0 spiro atoms. The fraction of sp³-hybridized carbons (Fsp3) is 0.421. The van der Waals surface area contributed by atoms with Crippen LogP contribution in [0, 0.1) is 20.8 Å². The lowest BCUT2D eigenvalue weighted by Crippen LogP contribution is -2.24. The Balaban J connectivity index is 1.74. The van der Waals surface area contributed by atoms with Gasteiger partial charge in [-0.2, -0.15) is 0 Å². The number of fused-ring (bicyclic) bond motifs is 1. The van der Waals surface area contributed by atoms with E-state index in [-0.39, 0.29) is 11.7 Å². The Morgan fingerprint density at radius 1 is 1.16 bits per heavy atom. The van der Waals surface area contributed by atoms with Crippen molar-refractivity contribution in [3.05, 3.63) is 56.7 Å². The molecule has 1 saturated heterocycles. The number of aryl methyl sites for hydroxylation is 3. The van der Waals surface area contributed by atoms with Gasteiger partial charge in [-0.05, 0) is 69.0 Å². The van der Waals surface area contributed by atoms with Crippen molar-refractivity contribution in [2.24, 2.45) is 0 Å². The third-order valence-electron chi connectivity index (χ3n) is 5.18. The SMILES string of the molecule is Cc1cc2oc(=O)cc(CN3CCC[C@H]3c3nonc3C)c2cc1C. The van der Waals surface area contributed by atoms with Crippen molar-refractivity contribution in [3.63, 3.8) is 0 Å². The van der Waals surface area contributed by atoms with Crippen LogP contribution in [0.5, 0.6) is 0 Å². The quantitative estimate of drug-likeness (QED) is 0.681. The minimum atomic E-state index is -0.305. The summed E-state index contributed by atoms with van der Waals surface area (Å²) in [7, 11) is 0. The van der Waals surface area contributed by atoms with Gasteiger partial charge in [-0.15, -0.1) is 0 Å². The van der Waals surface area contributed by atoms with Gasteiger partial charge in [-0.3, -0.25) is 4.90 Å². The van der Waals surface area contributed by atoms with Crippen molar-refractivity contribution in [2.75, 3.05) is 6.54 Å². The summed E-state index contributed by atoms with van der Waals surface area (Å²) in [5, 5.41) is 9.00. The Morgan fingerprint density at radius 3 is 2.72 bits per heavy atom. The second-order valence-corrected chi connectivity index (χ2v) is 6.89. The molecule has 3 heterocycles. The zero-order valence-electron chi connectivity index (χ0n) is 14.7. The van der Waals surface area contributed by atoms with Gasteiger partial charge in [0.05, 0.1) is 6.04 Å². The average molecular weight is 339 g/mol. The van der Waals surface area contributed by atoms with Gasteiger partial charge in [-0.25, -0.2) is 9.42 Å². The normalized spacial score (nSPS) is 18.3. The summed E-state index contributed by atoms with van der Waals surface area (Å²) in [6.45, 7) is 7.66. The molecule has 1 atom stereocenters. The van der Waals surface area contributed by atoms with Gasteiger partial charge in [0.2, 0.25) is 0 Å². The lowest BCUT2D eigenvalue weighted by atomic mass is 10.0. The van der Waals surface area contributed by atoms with E-state index in [1.54, 1.807) is 6.07 Å². The first-order valence-electron chi connectivity index (χ1n) is 8.60. The van der Waals surface area contributed by atoms with Crippen molar-refractivity contribution >= 4 is 11.0 Å². The summed E-state index contributed by atoms with van der Waals surface area (Å²) in [5.74, 6) is 0. The van der Waals surface area contributed by atoms with E-state index in [9.17, 15) is 4.79 Å². The first-order chi connectivity index (χ1) is 12.0. The molecule has 0 unspecified atom stereocenters. The summed E-state index contributed by atoms with van der Waals surface area (Å²) in [6.07, 6.45) is 2.11. The highest BCUT2D eigenvalue weighted by Crippen LogP contribution is 2.34. The maximum absolute atomic E-state index is 12.0. The van der Waals surface area contributed by atoms with Crippen LogP contribution in [0.1, 0.15) is 47.0 Å². The average Bonchev–Trinajstić information content (AvgIpc) is 3.17. The molecule has 2 aromatic heterocycles. The van der Waals surface area contributed by atoms with Crippen LogP contribution in [0.3, 0.4) is 0 Å². The molecule has 1 fully saturated rings. The molecule has 1 aliphatic rings. The summed E-state index contributed by atoms with van der Waals surface area (Å²) >= 11 is 0. The smallest absolute Gasteiger partial charge is 0.336 e. The maximum atomic E-state index is 12.0. The number of likely N-dealkylation sites (tertiary alicyclic amines) is 1. The summed E-state index contributed by atoms with van der Waals surface area (Å²) in [5.41, 5.74) is 5.39. The van der Waals surface area contributed by atoms with Gasteiger partial charge >= 0.3 is 5.63 Å². The van der Waals surface area contributed by atoms with E-state index in [0.29, 0.717) is 12.1 Å². The van der Waals surface area contributed by atoms with E-state index in [1.165, 1.54) is 5.56 Å². The second kappa shape index (κ2) is 6.11. The van der Waals surface area contributed by atoms with Crippen LogP contribution in [0.4, 0.5) is 0 Å². The third kappa shape index (κ3) is 2.87. The summed E-state index contributed by atoms with van der Waals surface area (Å²) in [6, 6.07) is 5.85. The zero-order chi connectivity index (χ0) is 17.6. The molecule has 0 bridgehead atoms. The number of benzene rings is 1. The molecule has 25 heavy (non-hydrogen) atoms.